The van der Waals surface area contributed by atoms with Crippen LogP contribution in [0.25, 0.3) is 11.3 Å². The molecule has 0 unspecified atom stereocenters. The molecule has 0 saturated carbocycles. The van der Waals surface area contributed by atoms with Crippen LogP contribution in [-0.4, -0.2) is 82.5 Å². The highest BCUT2D eigenvalue weighted by Gasteiger charge is 2.40. The number of H-pyrrole nitrogens is 1. The number of aliphatic hydroxyl groups is 4. The molecule has 188 valence electrons. The Labute approximate surface area is 204 Å². The summed E-state index contributed by atoms with van der Waals surface area (Å²) in [6.45, 7) is 0.691. The number of aliphatic hydroxyl groups excluding tert-OH is 4. The Kier molecular flexibility index (Phi) is 7.60. The highest BCUT2D eigenvalue weighted by molar-refractivity contribution is 7.90. The molecule has 1 aliphatic heterocycles. The molecule has 1 aliphatic rings. The molecule has 4 atom stereocenters. The maximum absolute atomic E-state index is 12.2. The van der Waals surface area contributed by atoms with Gasteiger partial charge in [0, 0.05) is 49.0 Å². The normalized spacial score (nSPS) is 23.3. The summed E-state index contributed by atoms with van der Waals surface area (Å²) >= 11 is 0. The Morgan fingerprint density at radius 1 is 1.03 bits per heavy atom. The number of sulfone groups is 1. The molecule has 4 rings (SSSR count). The molecule has 35 heavy (non-hydrogen) atoms. The molecule has 9 nitrogen and oxygen atoms in total. The van der Waals surface area contributed by atoms with Gasteiger partial charge in [-0.2, -0.15) is 0 Å². The number of benzene rings is 2. The van der Waals surface area contributed by atoms with Gasteiger partial charge in [-0.3, -0.25) is 4.90 Å². The van der Waals surface area contributed by atoms with E-state index in [1.807, 2.05) is 42.5 Å². The van der Waals surface area contributed by atoms with Crippen LogP contribution in [0.2, 0.25) is 0 Å². The molecule has 6 N–H and O–H groups in total. The van der Waals surface area contributed by atoms with Crippen LogP contribution in [0.1, 0.15) is 11.1 Å². The predicted molar refractivity (Wildman–Crippen MR) is 132 cm³/mol. The van der Waals surface area contributed by atoms with E-state index >= 15 is 0 Å². The first-order valence-corrected chi connectivity index (χ1v) is 13.2. The highest BCUT2D eigenvalue weighted by atomic mass is 32.2. The van der Waals surface area contributed by atoms with Crippen molar-refractivity contribution in [1.82, 2.24) is 9.88 Å². The molecule has 1 aromatic heterocycles. The van der Waals surface area contributed by atoms with Crippen molar-refractivity contribution in [1.29, 1.82) is 0 Å². The lowest BCUT2D eigenvalue weighted by Gasteiger charge is -2.43. The SMILES string of the molecule is CS(=O)(=O)c1cc(NCc2ccc(CN3C[C@H](O)[C@@H](O)[C@H](O)[C@H]3CO)cc2)cc(-c2ccc[nH]2)c1. The number of likely N-dealkylation sites (tertiary alicyclic amines) is 1. The molecule has 10 heteroatoms. The van der Waals surface area contributed by atoms with E-state index in [9.17, 15) is 28.8 Å². The van der Waals surface area contributed by atoms with Crippen molar-refractivity contribution in [2.24, 2.45) is 0 Å². The average Bonchev–Trinajstić information content (AvgIpc) is 3.37. The van der Waals surface area contributed by atoms with Gasteiger partial charge in [0.05, 0.1) is 23.6 Å². The molecular weight excluding hydrogens is 470 g/mol. The first kappa shape index (κ1) is 25.4. The lowest BCUT2D eigenvalue weighted by molar-refractivity contribution is -0.147. The van der Waals surface area contributed by atoms with Gasteiger partial charge in [0.25, 0.3) is 0 Å². The van der Waals surface area contributed by atoms with E-state index in [-0.39, 0.29) is 18.0 Å². The fourth-order valence-electron chi connectivity index (χ4n) is 4.34. The number of anilines is 1. The molecule has 0 spiro atoms. The van der Waals surface area contributed by atoms with Gasteiger partial charge in [-0.05, 0) is 41.5 Å². The first-order chi connectivity index (χ1) is 16.7. The third-order valence-electron chi connectivity index (χ3n) is 6.36. The topological polar surface area (TPSA) is 146 Å². The zero-order chi connectivity index (χ0) is 25.2. The second-order valence-electron chi connectivity index (χ2n) is 9.00. The quantitative estimate of drug-likeness (QED) is 0.268. The molecule has 2 heterocycles. The largest absolute Gasteiger partial charge is 0.395 e. The summed E-state index contributed by atoms with van der Waals surface area (Å²) < 4.78 is 24.4. The third kappa shape index (κ3) is 5.92. The molecular formula is C25H31N3O6S. The predicted octanol–water partition coefficient (Wildman–Crippen LogP) is 0.957. The van der Waals surface area contributed by atoms with E-state index < -0.39 is 34.2 Å². The zero-order valence-electron chi connectivity index (χ0n) is 19.4. The smallest absolute Gasteiger partial charge is 0.175 e. The third-order valence-corrected chi connectivity index (χ3v) is 7.46. The van der Waals surface area contributed by atoms with Crippen molar-refractivity contribution in [3.63, 3.8) is 0 Å². The second kappa shape index (κ2) is 10.5. The Balaban J connectivity index is 1.45. The molecule has 0 bridgehead atoms. The van der Waals surface area contributed by atoms with Crippen molar-refractivity contribution in [2.75, 3.05) is 24.7 Å². The van der Waals surface area contributed by atoms with Crippen LogP contribution in [-0.2, 0) is 22.9 Å². The average molecular weight is 502 g/mol. The number of rotatable bonds is 8. The molecule has 1 fully saturated rings. The van der Waals surface area contributed by atoms with Gasteiger partial charge >= 0.3 is 0 Å². The zero-order valence-corrected chi connectivity index (χ0v) is 20.2. The van der Waals surface area contributed by atoms with Crippen LogP contribution in [0, 0.1) is 0 Å². The number of nitrogens with one attached hydrogen (secondary N) is 2. The van der Waals surface area contributed by atoms with Crippen LogP contribution < -0.4 is 5.32 Å². The van der Waals surface area contributed by atoms with Crippen molar-refractivity contribution < 1.29 is 28.8 Å². The lowest BCUT2D eigenvalue weighted by Crippen LogP contribution is -2.62. The number of hydrogen-bond acceptors (Lipinski definition) is 8. The van der Waals surface area contributed by atoms with Gasteiger partial charge in [-0.1, -0.05) is 24.3 Å². The van der Waals surface area contributed by atoms with Crippen molar-refractivity contribution in [2.45, 2.75) is 42.3 Å². The Morgan fingerprint density at radius 2 is 1.74 bits per heavy atom. The summed E-state index contributed by atoms with van der Waals surface area (Å²) in [7, 11) is -3.39. The highest BCUT2D eigenvalue weighted by Crippen LogP contribution is 2.27. The lowest BCUT2D eigenvalue weighted by atomic mass is 9.93. The van der Waals surface area contributed by atoms with Crippen molar-refractivity contribution in [3.8, 4) is 11.3 Å². The summed E-state index contributed by atoms with van der Waals surface area (Å²) in [5.41, 5.74) is 4.18. The van der Waals surface area contributed by atoms with Crippen LogP contribution in [0.3, 0.4) is 0 Å². The maximum atomic E-state index is 12.2. The number of β-amino-alcohol motifs (C(OH)–C–C–N with tert-alkyl or cyclic N) is 1. The monoisotopic (exact) mass is 501 g/mol. The maximum Gasteiger partial charge on any atom is 0.175 e. The van der Waals surface area contributed by atoms with Gasteiger partial charge in [-0.25, -0.2) is 8.42 Å². The standard InChI is InChI=1S/C25H31N3O6S/c1-35(33,34)20-10-18(21-3-2-8-26-21)9-19(11-20)27-12-16-4-6-17(7-5-16)13-28-14-23(30)25(32)24(31)22(28)15-29/h2-11,22-27,29-32H,12-15H2,1H3/t22-,23+,24-,25-/m1/s1. The van der Waals surface area contributed by atoms with E-state index in [4.69, 9.17) is 0 Å². The number of piperidine rings is 1. The van der Waals surface area contributed by atoms with E-state index in [2.05, 4.69) is 10.3 Å². The molecule has 0 radical (unpaired) electrons. The number of aromatic amines is 1. The fourth-order valence-corrected chi connectivity index (χ4v) is 5.02. The Bertz CT molecular complexity index is 1230. The Morgan fingerprint density at radius 3 is 2.37 bits per heavy atom. The van der Waals surface area contributed by atoms with Crippen LogP contribution in [0.5, 0.6) is 0 Å². The fraction of sp³-hybridized carbons (Fsp3) is 0.360. The number of hydrogen-bond donors (Lipinski definition) is 6. The first-order valence-electron chi connectivity index (χ1n) is 11.4. The van der Waals surface area contributed by atoms with Crippen LogP contribution in [0.4, 0.5) is 5.69 Å². The molecule has 0 amide bonds. The van der Waals surface area contributed by atoms with Gasteiger partial charge < -0.3 is 30.7 Å². The van der Waals surface area contributed by atoms with E-state index in [0.717, 1.165) is 22.4 Å². The minimum Gasteiger partial charge on any atom is -0.395 e. The van der Waals surface area contributed by atoms with Crippen LogP contribution >= 0.6 is 0 Å². The molecule has 2 aromatic carbocycles. The van der Waals surface area contributed by atoms with Crippen LogP contribution in [0.15, 0.2) is 65.7 Å². The van der Waals surface area contributed by atoms with Gasteiger partial charge in [0.2, 0.25) is 0 Å². The second-order valence-corrected chi connectivity index (χ2v) is 11.0. The summed E-state index contributed by atoms with van der Waals surface area (Å²) in [4.78, 5) is 5.09. The van der Waals surface area contributed by atoms with Gasteiger partial charge in [-0.15, -0.1) is 0 Å². The Hall–Kier alpha value is -2.73. The van der Waals surface area contributed by atoms with E-state index in [1.54, 1.807) is 23.2 Å². The summed E-state index contributed by atoms with van der Waals surface area (Å²) in [6.07, 6.45) is -0.629. The van der Waals surface area contributed by atoms with E-state index in [0.29, 0.717) is 18.8 Å². The molecule has 0 aliphatic carbocycles. The van der Waals surface area contributed by atoms with Crippen molar-refractivity contribution >= 4 is 15.5 Å². The minimum absolute atomic E-state index is 0.145. The summed E-state index contributed by atoms with van der Waals surface area (Å²) in [5.74, 6) is 0. The number of nitrogens with zero attached hydrogens (tertiary/aromatic N) is 1. The van der Waals surface area contributed by atoms with Crippen molar-refractivity contribution in [3.05, 3.63) is 71.9 Å². The minimum atomic E-state index is -3.39. The van der Waals surface area contributed by atoms with E-state index in [1.165, 1.54) is 6.26 Å². The summed E-state index contributed by atoms with van der Waals surface area (Å²) in [6, 6.07) is 16.0. The van der Waals surface area contributed by atoms with Gasteiger partial charge in [0.15, 0.2) is 9.84 Å². The molecule has 1 saturated heterocycles. The van der Waals surface area contributed by atoms with Gasteiger partial charge in [0.1, 0.15) is 12.2 Å². The molecule has 3 aromatic rings. The summed E-state index contributed by atoms with van der Waals surface area (Å²) in [5, 5.41) is 43.0. The number of aromatic nitrogens is 1.